The van der Waals surface area contributed by atoms with Crippen molar-refractivity contribution >= 4 is 22.5 Å². The average Bonchev–Trinajstić information content (AvgIpc) is 3.45. The molecule has 6 rings (SSSR count). The predicted molar refractivity (Wildman–Crippen MR) is 166 cm³/mol. The third kappa shape index (κ3) is 5.03. The highest BCUT2D eigenvalue weighted by Gasteiger charge is 2.21. The molecule has 0 spiro atoms. The van der Waals surface area contributed by atoms with Crippen molar-refractivity contribution in [3.63, 3.8) is 0 Å². The number of aromatic nitrogens is 5. The number of nitriles is 1. The highest BCUT2D eigenvalue weighted by molar-refractivity contribution is 6.33. The van der Waals surface area contributed by atoms with Crippen molar-refractivity contribution in [2.24, 2.45) is 7.05 Å². The number of ether oxygens (including phenoxy) is 1. The molecule has 0 N–H and O–H groups in total. The number of methoxy groups -OCH3 is 1. The molecule has 3 aromatic carbocycles. The van der Waals surface area contributed by atoms with E-state index in [4.69, 9.17) is 16.3 Å². The van der Waals surface area contributed by atoms with Crippen molar-refractivity contribution in [2.75, 3.05) is 7.11 Å². The van der Waals surface area contributed by atoms with E-state index >= 15 is 0 Å². The molecule has 218 valence electrons. The molecule has 0 aliphatic rings. The highest BCUT2D eigenvalue weighted by Crippen LogP contribution is 2.37. The fourth-order valence-electron chi connectivity index (χ4n) is 5.24. The van der Waals surface area contributed by atoms with Gasteiger partial charge in [-0.1, -0.05) is 23.7 Å². The number of aryl methyl sites for hydroxylation is 2. The lowest BCUT2D eigenvalue weighted by atomic mass is 9.99. The fourth-order valence-corrected chi connectivity index (χ4v) is 5.47. The molecule has 0 fully saturated rings. The van der Waals surface area contributed by atoms with Gasteiger partial charge in [0.2, 0.25) is 0 Å². The Morgan fingerprint density at radius 3 is 2.52 bits per heavy atom. The number of hydrogen-bond acceptors (Lipinski definition) is 6. The lowest BCUT2D eigenvalue weighted by Crippen LogP contribution is -2.39. The fraction of sp³-hybridized carbons (Fsp3) is 0.121. The molecule has 0 unspecified atom stereocenters. The van der Waals surface area contributed by atoms with E-state index in [1.807, 2.05) is 31.4 Å². The molecule has 3 aromatic heterocycles. The molecular formula is C33H24ClFN6O3. The minimum absolute atomic E-state index is 0.0696. The zero-order valence-electron chi connectivity index (χ0n) is 23.9. The third-order valence-corrected chi connectivity index (χ3v) is 7.69. The van der Waals surface area contributed by atoms with E-state index in [9.17, 15) is 19.2 Å². The minimum Gasteiger partial charge on any atom is -0.496 e. The van der Waals surface area contributed by atoms with Gasteiger partial charge in [-0.3, -0.25) is 19.0 Å². The number of halogens is 2. The second-order valence-corrected chi connectivity index (χ2v) is 10.7. The second kappa shape index (κ2) is 11.3. The van der Waals surface area contributed by atoms with Crippen LogP contribution in [0.25, 0.3) is 38.8 Å². The average molecular weight is 607 g/mol. The van der Waals surface area contributed by atoms with Crippen molar-refractivity contribution in [3.05, 3.63) is 128 Å². The van der Waals surface area contributed by atoms with Gasteiger partial charge in [-0.05, 0) is 71.6 Å². The Kier molecular flexibility index (Phi) is 7.33. The quantitative estimate of drug-likeness (QED) is 0.243. The van der Waals surface area contributed by atoms with E-state index < -0.39 is 17.1 Å². The maximum atomic E-state index is 14.2. The molecule has 0 atom stereocenters. The van der Waals surface area contributed by atoms with Gasteiger partial charge in [-0.15, -0.1) is 0 Å². The molecule has 6 aromatic rings. The number of benzene rings is 3. The number of fused-ring (bicyclic) bond motifs is 1. The van der Waals surface area contributed by atoms with Crippen molar-refractivity contribution in [1.82, 2.24) is 23.9 Å². The van der Waals surface area contributed by atoms with Gasteiger partial charge in [0.1, 0.15) is 23.0 Å². The van der Waals surface area contributed by atoms with Crippen LogP contribution in [0.4, 0.5) is 4.39 Å². The number of pyridine rings is 1. The van der Waals surface area contributed by atoms with Crippen LogP contribution in [-0.2, 0) is 13.6 Å². The third-order valence-electron chi connectivity index (χ3n) is 7.36. The van der Waals surface area contributed by atoms with Crippen LogP contribution in [0.15, 0.2) is 89.0 Å². The van der Waals surface area contributed by atoms with Crippen LogP contribution in [-0.4, -0.2) is 31.0 Å². The van der Waals surface area contributed by atoms with E-state index in [2.05, 4.69) is 10.1 Å². The van der Waals surface area contributed by atoms with Gasteiger partial charge in [0.15, 0.2) is 0 Å². The van der Waals surface area contributed by atoms with E-state index in [1.54, 1.807) is 48.3 Å². The Hall–Kier alpha value is -5.53. The molecule has 11 heteroatoms. The Morgan fingerprint density at radius 1 is 1.00 bits per heavy atom. The zero-order valence-corrected chi connectivity index (χ0v) is 24.6. The van der Waals surface area contributed by atoms with Crippen LogP contribution in [0, 0.1) is 24.1 Å². The van der Waals surface area contributed by atoms with Gasteiger partial charge in [0.25, 0.3) is 5.56 Å². The van der Waals surface area contributed by atoms with Crippen molar-refractivity contribution < 1.29 is 9.13 Å². The summed E-state index contributed by atoms with van der Waals surface area (Å²) in [6.45, 7) is 1.74. The Morgan fingerprint density at radius 2 is 1.82 bits per heavy atom. The molecule has 0 bridgehead atoms. The molecule has 0 amide bonds. The van der Waals surface area contributed by atoms with Crippen LogP contribution in [0.5, 0.6) is 5.75 Å². The normalized spacial score (nSPS) is 11.1. The van der Waals surface area contributed by atoms with Gasteiger partial charge in [-0.2, -0.15) is 10.4 Å². The zero-order chi connectivity index (χ0) is 31.1. The Labute approximate surface area is 255 Å². The lowest BCUT2D eigenvalue weighted by Gasteiger charge is -2.18. The molecule has 3 heterocycles. The summed E-state index contributed by atoms with van der Waals surface area (Å²) >= 11 is 6.70. The van der Waals surface area contributed by atoms with Crippen molar-refractivity contribution in [3.8, 4) is 39.8 Å². The van der Waals surface area contributed by atoms with Crippen molar-refractivity contribution in [1.29, 1.82) is 5.26 Å². The molecule has 9 nitrogen and oxygen atoms in total. The minimum atomic E-state index is -0.670. The van der Waals surface area contributed by atoms with Gasteiger partial charge >= 0.3 is 5.69 Å². The van der Waals surface area contributed by atoms with Crippen LogP contribution in [0.1, 0.15) is 16.7 Å². The van der Waals surface area contributed by atoms with Gasteiger partial charge in [0, 0.05) is 35.6 Å². The summed E-state index contributed by atoms with van der Waals surface area (Å²) in [5, 5.41) is 14.3. The number of nitrogens with zero attached hydrogens (tertiary/aromatic N) is 6. The van der Waals surface area contributed by atoms with Crippen LogP contribution < -0.4 is 16.0 Å². The summed E-state index contributed by atoms with van der Waals surface area (Å²) in [7, 11) is 3.27. The number of rotatable bonds is 6. The monoisotopic (exact) mass is 606 g/mol. The lowest BCUT2D eigenvalue weighted by molar-refractivity contribution is 0.419. The predicted octanol–water partition coefficient (Wildman–Crippen LogP) is 5.64. The van der Waals surface area contributed by atoms with E-state index in [-0.39, 0.29) is 34.4 Å². The molecule has 0 saturated heterocycles. The van der Waals surface area contributed by atoms with E-state index in [0.29, 0.717) is 21.7 Å². The molecule has 44 heavy (non-hydrogen) atoms. The van der Waals surface area contributed by atoms with Crippen LogP contribution in [0.2, 0.25) is 5.02 Å². The van der Waals surface area contributed by atoms with Gasteiger partial charge in [0.05, 0.1) is 42.8 Å². The standard InChI is InChI=1S/C33H24ClFN6O3/c1-19-8-25(16-37-14-19)41-32(42)31-29(40(33(41)43)17-20-4-7-28(35)23(9-20)13-36)11-22(12-30(31)44-3)26-10-21(5-6-27(26)34)24-15-38-39(2)18-24/h4-12,14-16,18H,17H2,1-3H3. The van der Waals surface area contributed by atoms with Crippen LogP contribution >= 0.6 is 11.6 Å². The van der Waals surface area contributed by atoms with E-state index in [0.717, 1.165) is 21.3 Å². The largest absolute Gasteiger partial charge is 0.496 e. The maximum Gasteiger partial charge on any atom is 0.336 e. The number of hydrogen-bond donors (Lipinski definition) is 0. The van der Waals surface area contributed by atoms with Gasteiger partial charge in [-0.25, -0.2) is 13.8 Å². The Bertz CT molecular complexity index is 2260. The molecule has 0 aliphatic heterocycles. The summed E-state index contributed by atoms with van der Waals surface area (Å²) in [5.41, 5.74) is 3.40. The smallest absolute Gasteiger partial charge is 0.336 e. The summed E-state index contributed by atoms with van der Waals surface area (Å²) in [6, 6.07) is 16.5. The Balaban J connectivity index is 1.67. The highest BCUT2D eigenvalue weighted by atomic mass is 35.5. The maximum absolute atomic E-state index is 14.2. The molecule has 0 radical (unpaired) electrons. The first kappa shape index (κ1) is 28.6. The first-order chi connectivity index (χ1) is 21.2. The molecule has 0 aliphatic carbocycles. The summed E-state index contributed by atoms with van der Waals surface area (Å²) in [4.78, 5) is 32.4. The summed E-state index contributed by atoms with van der Waals surface area (Å²) < 4.78 is 24.1. The molecular weight excluding hydrogens is 583 g/mol. The van der Waals surface area contributed by atoms with Crippen molar-refractivity contribution in [2.45, 2.75) is 13.5 Å². The topological polar surface area (TPSA) is 108 Å². The second-order valence-electron chi connectivity index (χ2n) is 10.3. The molecule has 0 saturated carbocycles. The summed E-state index contributed by atoms with van der Waals surface area (Å²) in [5.74, 6) is -0.443. The first-order valence-corrected chi connectivity index (χ1v) is 13.8. The van der Waals surface area contributed by atoms with E-state index in [1.165, 1.54) is 36.1 Å². The van der Waals surface area contributed by atoms with Gasteiger partial charge < -0.3 is 4.74 Å². The van der Waals surface area contributed by atoms with Crippen LogP contribution in [0.3, 0.4) is 0 Å². The summed E-state index contributed by atoms with van der Waals surface area (Å²) in [6.07, 6.45) is 6.67. The SMILES string of the molecule is COc1cc(-c2cc(-c3cnn(C)c3)ccc2Cl)cc2c1c(=O)n(-c1cncc(C)c1)c(=O)n2Cc1ccc(F)c(C#N)c1. The first-order valence-electron chi connectivity index (χ1n) is 13.5.